The standard InChI is InChI=1S/C26H31ClN2O2/c1-16-14-22-21(13-12-20(28-22)15-29(6)7)24(18-8-10-19(27)11-9-18)23(16)25(17(2)30)31-26(3,4)5/h8-14,25H,15H2,1-7H3/t25-/m1/s1. The summed E-state index contributed by atoms with van der Waals surface area (Å²) >= 11 is 6.16. The molecule has 3 aromatic rings. The SMILES string of the molecule is CC(=O)[C@@H](OC(C)(C)C)c1c(C)cc2nc(CN(C)C)ccc2c1-c1ccc(Cl)cc1. The summed E-state index contributed by atoms with van der Waals surface area (Å²) in [4.78, 5) is 19.8. The van der Waals surface area contributed by atoms with Crippen molar-refractivity contribution in [3.05, 3.63) is 64.3 Å². The Morgan fingerprint density at radius 3 is 2.32 bits per heavy atom. The molecule has 0 aliphatic rings. The maximum Gasteiger partial charge on any atom is 0.163 e. The predicted molar refractivity (Wildman–Crippen MR) is 129 cm³/mol. The topological polar surface area (TPSA) is 42.4 Å². The molecule has 0 spiro atoms. The summed E-state index contributed by atoms with van der Waals surface area (Å²) in [5.41, 5.74) is 5.27. The van der Waals surface area contributed by atoms with Crippen LogP contribution < -0.4 is 0 Å². The van der Waals surface area contributed by atoms with Gasteiger partial charge in [0, 0.05) is 17.0 Å². The Morgan fingerprint density at radius 1 is 1.13 bits per heavy atom. The molecule has 0 unspecified atom stereocenters. The molecule has 0 amide bonds. The number of fused-ring (bicyclic) bond motifs is 1. The largest absolute Gasteiger partial charge is 0.360 e. The number of aromatic nitrogens is 1. The zero-order valence-corrected chi connectivity index (χ0v) is 20.2. The van der Waals surface area contributed by atoms with E-state index >= 15 is 0 Å². The van der Waals surface area contributed by atoms with Crippen LogP contribution in [0.5, 0.6) is 0 Å². The number of ketones is 1. The van der Waals surface area contributed by atoms with Gasteiger partial charge in [0.15, 0.2) is 5.78 Å². The second-order valence-corrected chi connectivity index (χ2v) is 9.75. The van der Waals surface area contributed by atoms with Crippen molar-refractivity contribution < 1.29 is 9.53 Å². The fourth-order valence-corrected chi connectivity index (χ4v) is 3.97. The van der Waals surface area contributed by atoms with E-state index in [1.807, 2.05) is 72.1 Å². The fraction of sp³-hybridized carbons (Fsp3) is 0.385. The Bertz CT molecular complexity index is 1100. The van der Waals surface area contributed by atoms with Gasteiger partial charge in [-0.3, -0.25) is 9.78 Å². The van der Waals surface area contributed by atoms with Crippen LogP contribution in [0.3, 0.4) is 0 Å². The quantitative estimate of drug-likeness (QED) is 0.448. The number of Topliss-reactive ketones (excluding diaryl/α,β-unsaturated/α-hetero) is 1. The number of benzene rings is 2. The van der Waals surface area contributed by atoms with Gasteiger partial charge < -0.3 is 9.64 Å². The van der Waals surface area contributed by atoms with Crippen LogP contribution in [-0.4, -0.2) is 35.4 Å². The summed E-state index contributed by atoms with van der Waals surface area (Å²) in [6, 6.07) is 13.9. The van der Waals surface area contributed by atoms with Crippen LogP contribution in [0.4, 0.5) is 0 Å². The highest BCUT2D eigenvalue weighted by atomic mass is 35.5. The summed E-state index contributed by atoms with van der Waals surface area (Å²) in [5.74, 6) is -0.0234. The molecule has 0 aliphatic heterocycles. The lowest BCUT2D eigenvalue weighted by atomic mass is 9.87. The number of ether oxygens (including phenoxy) is 1. The number of hydrogen-bond acceptors (Lipinski definition) is 4. The van der Waals surface area contributed by atoms with Crippen LogP contribution in [0.25, 0.3) is 22.0 Å². The van der Waals surface area contributed by atoms with Gasteiger partial charge in [-0.1, -0.05) is 29.8 Å². The number of nitrogens with zero attached hydrogens (tertiary/aromatic N) is 2. The number of pyridine rings is 1. The lowest BCUT2D eigenvalue weighted by Gasteiger charge is -2.29. The molecule has 0 radical (unpaired) electrons. The zero-order chi connectivity index (χ0) is 22.9. The third kappa shape index (κ3) is 5.51. The first-order valence-electron chi connectivity index (χ1n) is 10.5. The number of halogens is 1. The molecule has 1 atom stereocenters. The third-order valence-corrected chi connectivity index (χ3v) is 5.27. The van der Waals surface area contributed by atoms with Crippen LogP contribution in [0.2, 0.25) is 5.02 Å². The van der Waals surface area contributed by atoms with Gasteiger partial charge in [0.05, 0.1) is 16.8 Å². The van der Waals surface area contributed by atoms with Crippen molar-refractivity contribution in [1.29, 1.82) is 0 Å². The molecule has 0 saturated carbocycles. The zero-order valence-electron chi connectivity index (χ0n) is 19.4. The highest BCUT2D eigenvalue weighted by Gasteiger charge is 2.29. The van der Waals surface area contributed by atoms with E-state index in [9.17, 15) is 4.79 Å². The van der Waals surface area contributed by atoms with E-state index in [-0.39, 0.29) is 5.78 Å². The second-order valence-electron chi connectivity index (χ2n) is 9.32. The van der Waals surface area contributed by atoms with E-state index in [0.717, 1.165) is 45.4 Å². The van der Waals surface area contributed by atoms with Gasteiger partial charge in [-0.25, -0.2) is 0 Å². The predicted octanol–water partition coefficient (Wildman–Crippen LogP) is 6.37. The molecule has 1 heterocycles. The van der Waals surface area contributed by atoms with Crippen LogP contribution >= 0.6 is 11.6 Å². The van der Waals surface area contributed by atoms with Gasteiger partial charge in [0.1, 0.15) is 6.10 Å². The smallest absolute Gasteiger partial charge is 0.163 e. The molecule has 0 fully saturated rings. The molecule has 0 aliphatic carbocycles. The molecule has 2 aromatic carbocycles. The van der Waals surface area contributed by atoms with Gasteiger partial charge in [-0.05, 0) is 95.2 Å². The molecule has 3 rings (SSSR count). The molecule has 4 nitrogen and oxygen atoms in total. The van der Waals surface area contributed by atoms with Gasteiger partial charge in [-0.2, -0.15) is 0 Å². The van der Waals surface area contributed by atoms with E-state index in [1.165, 1.54) is 0 Å². The Kier molecular flexibility index (Phi) is 6.85. The van der Waals surface area contributed by atoms with E-state index in [0.29, 0.717) is 5.02 Å². The van der Waals surface area contributed by atoms with Crippen LogP contribution in [0.1, 0.15) is 50.6 Å². The Morgan fingerprint density at radius 2 is 1.77 bits per heavy atom. The summed E-state index contributed by atoms with van der Waals surface area (Å²) in [5, 5.41) is 1.66. The number of rotatable bonds is 6. The number of carbonyl (C=O) groups is 1. The van der Waals surface area contributed by atoms with E-state index in [4.69, 9.17) is 21.3 Å². The minimum absolute atomic E-state index is 0.0234. The second kappa shape index (κ2) is 9.07. The van der Waals surface area contributed by atoms with Crippen molar-refractivity contribution in [3.8, 4) is 11.1 Å². The summed E-state index contributed by atoms with van der Waals surface area (Å²) in [6.07, 6.45) is -0.670. The number of carbonyl (C=O) groups excluding carboxylic acids is 1. The normalized spacial score (nSPS) is 13.1. The van der Waals surface area contributed by atoms with Gasteiger partial charge in [-0.15, -0.1) is 0 Å². The van der Waals surface area contributed by atoms with E-state index < -0.39 is 11.7 Å². The van der Waals surface area contributed by atoms with Crippen molar-refractivity contribution in [2.24, 2.45) is 0 Å². The van der Waals surface area contributed by atoms with Crippen molar-refractivity contribution in [2.45, 2.75) is 52.9 Å². The Labute approximate surface area is 190 Å². The van der Waals surface area contributed by atoms with Crippen molar-refractivity contribution in [3.63, 3.8) is 0 Å². The molecular formula is C26H31ClN2O2. The third-order valence-electron chi connectivity index (χ3n) is 5.01. The summed E-state index contributed by atoms with van der Waals surface area (Å²) in [7, 11) is 4.06. The summed E-state index contributed by atoms with van der Waals surface area (Å²) < 4.78 is 6.27. The summed E-state index contributed by atoms with van der Waals surface area (Å²) in [6.45, 7) is 10.3. The molecule has 0 bridgehead atoms. The highest BCUT2D eigenvalue weighted by molar-refractivity contribution is 6.30. The maximum atomic E-state index is 12.8. The van der Waals surface area contributed by atoms with Crippen molar-refractivity contribution in [2.75, 3.05) is 14.1 Å². The number of hydrogen-bond donors (Lipinski definition) is 0. The first-order chi connectivity index (χ1) is 14.5. The lowest BCUT2D eigenvalue weighted by Crippen LogP contribution is -2.27. The lowest BCUT2D eigenvalue weighted by molar-refractivity contribution is -0.138. The highest BCUT2D eigenvalue weighted by Crippen LogP contribution is 2.40. The molecule has 5 heteroatoms. The first kappa shape index (κ1) is 23.4. The molecule has 1 aromatic heterocycles. The van der Waals surface area contributed by atoms with Crippen LogP contribution in [0, 0.1) is 6.92 Å². The average molecular weight is 439 g/mol. The molecule has 164 valence electrons. The van der Waals surface area contributed by atoms with Crippen molar-refractivity contribution >= 4 is 28.3 Å². The number of aryl methyl sites for hydroxylation is 1. The van der Waals surface area contributed by atoms with Crippen LogP contribution in [0.15, 0.2) is 42.5 Å². The fourth-order valence-electron chi connectivity index (χ4n) is 3.84. The first-order valence-corrected chi connectivity index (χ1v) is 10.9. The molecule has 0 N–H and O–H groups in total. The molecule has 31 heavy (non-hydrogen) atoms. The van der Waals surface area contributed by atoms with E-state index in [2.05, 4.69) is 17.0 Å². The Hall–Kier alpha value is -2.27. The van der Waals surface area contributed by atoms with Gasteiger partial charge in [0.25, 0.3) is 0 Å². The minimum Gasteiger partial charge on any atom is -0.360 e. The van der Waals surface area contributed by atoms with Crippen LogP contribution in [-0.2, 0) is 16.1 Å². The van der Waals surface area contributed by atoms with Gasteiger partial charge >= 0.3 is 0 Å². The minimum atomic E-state index is -0.670. The monoisotopic (exact) mass is 438 g/mol. The Balaban J connectivity index is 2.34. The molecular weight excluding hydrogens is 408 g/mol. The average Bonchev–Trinajstić information content (AvgIpc) is 2.64. The van der Waals surface area contributed by atoms with Gasteiger partial charge in [0.2, 0.25) is 0 Å². The maximum absolute atomic E-state index is 12.8. The van der Waals surface area contributed by atoms with E-state index in [1.54, 1.807) is 6.92 Å². The van der Waals surface area contributed by atoms with Crippen molar-refractivity contribution in [1.82, 2.24) is 9.88 Å². The molecule has 0 saturated heterocycles.